The van der Waals surface area contributed by atoms with Gasteiger partial charge in [0.2, 0.25) is 5.88 Å². The molecule has 0 aliphatic heterocycles. The summed E-state index contributed by atoms with van der Waals surface area (Å²) in [6.45, 7) is 5.82. The lowest BCUT2D eigenvalue weighted by Gasteiger charge is -2.14. The Bertz CT molecular complexity index is 1520. The zero-order chi connectivity index (χ0) is 25.2. The molecule has 0 bridgehead atoms. The van der Waals surface area contributed by atoms with Gasteiger partial charge in [-0.1, -0.05) is 53.6 Å². The third-order valence-corrected chi connectivity index (χ3v) is 6.47. The summed E-state index contributed by atoms with van der Waals surface area (Å²) in [6.07, 6.45) is 0. The molecule has 3 N–H and O–H groups in total. The molecule has 9 heteroatoms. The Morgan fingerprint density at radius 3 is 2.29 bits per heavy atom. The van der Waals surface area contributed by atoms with Crippen molar-refractivity contribution in [3.8, 4) is 22.9 Å². The second-order valence-electron chi connectivity index (χ2n) is 8.12. The molecule has 0 saturated heterocycles. The molecule has 0 unspecified atom stereocenters. The Labute approximate surface area is 203 Å². The number of amides is 1. The van der Waals surface area contributed by atoms with E-state index in [4.69, 9.17) is 10.5 Å². The number of aryl methyl sites for hydroxylation is 3. The van der Waals surface area contributed by atoms with E-state index < -0.39 is 15.9 Å². The highest BCUT2D eigenvalue weighted by Gasteiger charge is 2.24. The minimum absolute atomic E-state index is 0.0170. The lowest BCUT2D eigenvalue weighted by atomic mass is 10.1. The molecule has 0 spiro atoms. The number of nitrogens with zero attached hydrogens (tertiary/aromatic N) is 2. The van der Waals surface area contributed by atoms with Gasteiger partial charge >= 0.3 is 0 Å². The van der Waals surface area contributed by atoms with E-state index in [1.807, 2.05) is 61.9 Å². The van der Waals surface area contributed by atoms with Crippen molar-refractivity contribution in [2.75, 3.05) is 5.73 Å². The van der Waals surface area contributed by atoms with E-state index in [-0.39, 0.29) is 22.3 Å². The molecule has 8 nitrogen and oxygen atoms in total. The van der Waals surface area contributed by atoms with E-state index in [1.54, 1.807) is 12.1 Å². The van der Waals surface area contributed by atoms with Gasteiger partial charge in [-0.25, -0.2) is 14.7 Å². The van der Waals surface area contributed by atoms with E-state index in [9.17, 15) is 13.2 Å². The Kier molecular flexibility index (Phi) is 6.52. The summed E-state index contributed by atoms with van der Waals surface area (Å²) < 4.78 is 33.5. The number of carbonyl (C=O) groups excluding carboxylic acids is 1. The van der Waals surface area contributed by atoms with Crippen molar-refractivity contribution in [2.45, 2.75) is 25.8 Å². The molecule has 0 atom stereocenters. The average molecular weight is 489 g/mol. The predicted octanol–water partition coefficient (Wildman–Crippen LogP) is 4.56. The van der Waals surface area contributed by atoms with Gasteiger partial charge < -0.3 is 10.5 Å². The molecule has 0 aliphatic carbocycles. The highest BCUT2D eigenvalue weighted by molar-refractivity contribution is 7.90. The van der Waals surface area contributed by atoms with Crippen molar-refractivity contribution < 1.29 is 17.9 Å². The molecule has 2 heterocycles. The summed E-state index contributed by atoms with van der Waals surface area (Å²) in [4.78, 5) is 21.4. The van der Waals surface area contributed by atoms with Gasteiger partial charge in [-0.05, 0) is 56.7 Å². The van der Waals surface area contributed by atoms with E-state index in [0.29, 0.717) is 11.4 Å². The predicted molar refractivity (Wildman–Crippen MR) is 134 cm³/mol. The zero-order valence-corrected chi connectivity index (χ0v) is 20.3. The topological polar surface area (TPSA) is 124 Å². The fourth-order valence-electron chi connectivity index (χ4n) is 3.40. The monoisotopic (exact) mass is 488 g/mol. The van der Waals surface area contributed by atoms with Crippen LogP contribution in [0, 0.1) is 20.8 Å². The minimum atomic E-state index is -4.27. The first-order valence-corrected chi connectivity index (χ1v) is 12.2. The van der Waals surface area contributed by atoms with E-state index >= 15 is 0 Å². The van der Waals surface area contributed by atoms with Crippen molar-refractivity contribution in [3.63, 3.8) is 0 Å². The van der Waals surface area contributed by atoms with Crippen molar-refractivity contribution >= 4 is 21.7 Å². The SMILES string of the molecule is Cc1ccc(-c2ccc(C(=O)NS(=O)(=O)c3cccc(N)n3)c(Oc3ccc(C)cc3C)n2)cc1. The van der Waals surface area contributed by atoms with Gasteiger partial charge in [-0.3, -0.25) is 4.79 Å². The van der Waals surface area contributed by atoms with Crippen molar-refractivity contribution in [1.82, 2.24) is 14.7 Å². The Balaban J connectivity index is 1.74. The van der Waals surface area contributed by atoms with Crippen molar-refractivity contribution in [3.05, 3.63) is 95.1 Å². The van der Waals surface area contributed by atoms with Gasteiger partial charge in [0.1, 0.15) is 17.1 Å². The number of benzene rings is 2. The number of pyridine rings is 2. The summed E-state index contributed by atoms with van der Waals surface area (Å²) >= 11 is 0. The van der Waals surface area contributed by atoms with Gasteiger partial charge in [0.05, 0.1) is 5.69 Å². The minimum Gasteiger partial charge on any atom is -0.438 e. The molecule has 0 saturated carbocycles. The molecule has 0 fully saturated rings. The number of carbonyl (C=O) groups is 1. The van der Waals surface area contributed by atoms with Crippen LogP contribution in [-0.4, -0.2) is 24.3 Å². The summed E-state index contributed by atoms with van der Waals surface area (Å²) in [7, 11) is -4.27. The molecule has 4 aromatic rings. The number of nitrogens with one attached hydrogen (secondary N) is 1. The number of sulfonamides is 1. The maximum absolute atomic E-state index is 13.1. The Hall–Kier alpha value is -4.24. The number of nitrogen functional groups attached to an aromatic ring is 1. The normalized spacial score (nSPS) is 11.2. The van der Waals surface area contributed by atoms with Crippen LogP contribution >= 0.6 is 0 Å². The largest absolute Gasteiger partial charge is 0.438 e. The average Bonchev–Trinajstić information content (AvgIpc) is 2.81. The van der Waals surface area contributed by atoms with Crippen LogP contribution in [0.3, 0.4) is 0 Å². The molecule has 2 aromatic heterocycles. The van der Waals surface area contributed by atoms with Crippen LogP contribution in [0.25, 0.3) is 11.3 Å². The van der Waals surface area contributed by atoms with Crippen LogP contribution < -0.4 is 15.2 Å². The van der Waals surface area contributed by atoms with E-state index in [1.165, 1.54) is 24.3 Å². The lowest BCUT2D eigenvalue weighted by Crippen LogP contribution is -2.31. The standard InChI is InChI=1S/C26H24N4O4S/c1-16-7-10-19(11-8-16)21-13-12-20(26(28-21)34-22-14-9-17(2)15-18(22)3)25(31)30-35(32,33)24-6-4-5-23(27)29-24/h4-15H,1-3H3,(H2,27,29)(H,30,31). The maximum atomic E-state index is 13.1. The molecule has 2 aromatic carbocycles. The van der Waals surface area contributed by atoms with Crippen molar-refractivity contribution in [2.24, 2.45) is 0 Å². The molecular weight excluding hydrogens is 464 g/mol. The molecule has 35 heavy (non-hydrogen) atoms. The number of hydrogen-bond donors (Lipinski definition) is 2. The third-order valence-electron chi connectivity index (χ3n) is 5.24. The first-order valence-electron chi connectivity index (χ1n) is 10.8. The van der Waals surface area contributed by atoms with Crippen LogP contribution in [0.2, 0.25) is 0 Å². The van der Waals surface area contributed by atoms with Gasteiger partial charge in [-0.2, -0.15) is 8.42 Å². The number of aromatic nitrogens is 2. The molecular formula is C26H24N4O4S. The highest BCUT2D eigenvalue weighted by atomic mass is 32.2. The van der Waals surface area contributed by atoms with Gasteiger partial charge in [0.15, 0.2) is 5.03 Å². The number of rotatable bonds is 6. The second kappa shape index (κ2) is 9.55. The zero-order valence-electron chi connectivity index (χ0n) is 19.4. The van der Waals surface area contributed by atoms with Gasteiger partial charge in [0, 0.05) is 5.56 Å². The van der Waals surface area contributed by atoms with Crippen LogP contribution in [0.1, 0.15) is 27.0 Å². The highest BCUT2D eigenvalue weighted by Crippen LogP contribution is 2.30. The number of ether oxygens (including phenoxy) is 1. The first-order chi connectivity index (χ1) is 16.6. The van der Waals surface area contributed by atoms with Crippen LogP contribution in [0.15, 0.2) is 77.8 Å². The smallest absolute Gasteiger partial charge is 0.281 e. The fraction of sp³-hybridized carbons (Fsp3) is 0.115. The Morgan fingerprint density at radius 1 is 0.886 bits per heavy atom. The van der Waals surface area contributed by atoms with Gasteiger partial charge in [0.25, 0.3) is 15.9 Å². The number of hydrogen-bond acceptors (Lipinski definition) is 7. The molecule has 0 aliphatic rings. The molecule has 1 amide bonds. The van der Waals surface area contributed by atoms with Crippen LogP contribution in [0.5, 0.6) is 11.6 Å². The fourth-order valence-corrected chi connectivity index (χ4v) is 4.35. The quantitative estimate of drug-likeness (QED) is 0.408. The molecule has 0 radical (unpaired) electrons. The second-order valence-corrected chi connectivity index (χ2v) is 9.75. The summed E-state index contributed by atoms with van der Waals surface area (Å²) in [6, 6.07) is 20.6. The van der Waals surface area contributed by atoms with E-state index in [0.717, 1.165) is 22.3 Å². The maximum Gasteiger partial charge on any atom is 0.281 e. The van der Waals surface area contributed by atoms with Crippen LogP contribution in [0.4, 0.5) is 5.82 Å². The van der Waals surface area contributed by atoms with Crippen LogP contribution in [-0.2, 0) is 10.0 Å². The molecule has 178 valence electrons. The Morgan fingerprint density at radius 2 is 1.60 bits per heavy atom. The number of anilines is 1. The molecule has 4 rings (SSSR count). The van der Waals surface area contributed by atoms with E-state index in [2.05, 4.69) is 9.97 Å². The summed E-state index contributed by atoms with van der Waals surface area (Å²) in [5.74, 6) is -0.415. The first kappa shape index (κ1) is 23.9. The summed E-state index contributed by atoms with van der Waals surface area (Å²) in [5.41, 5.74) is 9.93. The third kappa shape index (κ3) is 5.47. The summed E-state index contributed by atoms with van der Waals surface area (Å²) in [5, 5.41) is -0.369. The van der Waals surface area contributed by atoms with Gasteiger partial charge in [-0.15, -0.1) is 0 Å². The number of nitrogens with two attached hydrogens (primary N) is 1. The lowest BCUT2D eigenvalue weighted by molar-refractivity contribution is 0.0978. The van der Waals surface area contributed by atoms with Crippen molar-refractivity contribution in [1.29, 1.82) is 0 Å².